The Morgan fingerprint density at radius 3 is 2.53 bits per heavy atom. The summed E-state index contributed by atoms with van der Waals surface area (Å²) in [6.07, 6.45) is 1.91. The minimum atomic E-state index is 0.287. The van der Waals surface area contributed by atoms with Gasteiger partial charge in [-0.1, -0.05) is 36.4 Å². The Balaban J connectivity index is 2.77. The largest absolute Gasteiger partial charge is 0.303 e. The van der Waals surface area contributed by atoms with Crippen molar-refractivity contribution in [1.29, 1.82) is 0 Å². The van der Waals surface area contributed by atoms with E-state index in [1.807, 2.05) is 30.3 Å². The molecule has 0 unspecified atom stereocenters. The van der Waals surface area contributed by atoms with Crippen LogP contribution in [0, 0.1) is 0 Å². The summed E-state index contributed by atoms with van der Waals surface area (Å²) in [5.41, 5.74) is 1.42. The lowest BCUT2D eigenvalue weighted by Gasteiger charge is -2.06. The second-order valence-corrected chi connectivity index (χ2v) is 3.34. The third-order valence-electron chi connectivity index (χ3n) is 2.49. The molecule has 0 amide bonds. The summed E-state index contributed by atoms with van der Waals surface area (Å²) in [5.74, 6) is 0. The van der Waals surface area contributed by atoms with E-state index in [9.17, 15) is 9.59 Å². The molecule has 2 heteroatoms. The highest BCUT2D eigenvalue weighted by atomic mass is 16.1. The Kier molecular flexibility index (Phi) is 2.59. The van der Waals surface area contributed by atoms with Gasteiger partial charge in [-0.15, -0.1) is 0 Å². The minimum Gasteiger partial charge on any atom is -0.303 e. The molecular formula is C13H10O2. The van der Waals surface area contributed by atoms with Gasteiger partial charge in [-0.25, -0.2) is 0 Å². The molecule has 0 atom stereocenters. The van der Waals surface area contributed by atoms with Crippen molar-refractivity contribution in [3.05, 3.63) is 47.5 Å². The molecule has 2 aromatic carbocycles. The number of carbonyl (C=O) groups is 2. The molecule has 74 valence electrons. The van der Waals surface area contributed by atoms with Crippen LogP contribution in [0.5, 0.6) is 0 Å². The summed E-state index contributed by atoms with van der Waals surface area (Å²) in [6, 6.07) is 11.4. The lowest BCUT2D eigenvalue weighted by Crippen LogP contribution is -1.95. The SMILES string of the molecule is O=CCc1c(C=O)ccc2ccccc12. The van der Waals surface area contributed by atoms with E-state index >= 15 is 0 Å². The quantitative estimate of drug-likeness (QED) is 0.709. The number of rotatable bonds is 3. The Labute approximate surface area is 87.5 Å². The molecule has 0 aliphatic carbocycles. The monoisotopic (exact) mass is 198 g/mol. The third-order valence-corrected chi connectivity index (χ3v) is 2.49. The Hall–Kier alpha value is -1.96. The van der Waals surface area contributed by atoms with Crippen molar-refractivity contribution < 1.29 is 9.59 Å². The van der Waals surface area contributed by atoms with E-state index in [4.69, 9.17) is 0 Å². The van der Waals surface area contributed by atoms with Gasteiger partial charge in [-0.2, -0.15) is 0 Å². The number of aldehydes is 2. The highest BCUT2D eigenvalue weighted by Gasteiger charge is 2.05. The van der Waals surface area contributed by atoms with E-state index < -0.39 is 0 Å². The van der Waals surface area contributed by atoms with Crippen LogP contribution in [0.25, 0.3) is 10.8 Å². The van der Waals surface area contributed by atoms with Crippen LogP contribution in [0.1, 0.15) is 15.9 Å². The fraction of sp³-hybridized carbons (Fsp3) is 0.0769. The molecule has 0 aliphatic heterocycles. The van der Waals surface area contributed by atoms with E-state index in [0.29, 0.717) is 5.56 Å². The maximum Gasteiger partial charge on any atom is 0.150 e. The molecule has 0 heterocycles. The number of fused-ring (bicyclic) bond motifs is 1. The summed E-state index contributed by atoms with van der Waals surface area (Å²) < 4.78 is 0. The van der Waals surface area contributed by atoms with Crippen molar-refractivity contribution >= 4 is 23.3 Å². The predicted molar refractivity (Wildman–Crippen MR) is 59.1 cm³/mol. The van der Waals surface area contributed by atoms with Crippen molar-refractivity contribution in [2.45, 2.75) is 6.42 Å². The zero-order valence-electron chi connectivity index (χ0n) is 8.14. The fourth-order valence-electron chi connectivity index (χ4n) is 1.77. The van der Waals surface area contributed by atoms with Crippen molar-refractivity contribution in [1.82, 2.24) is 0 Å². The molecule has 0 N–H and O–H groups in total. The minimum absolute atomic E-state index is 0.287. The lowest BCUT2D eigenvalue weighted by molar-refractivity contribution is -0.107. The van der Waals surface area contributed by atoms with Gasteiger partial charge >= 0.3 is 0 Å². The Morgan fingerprint density at radius 2 is 1.80 bits per heavy atom. The zero-order valence-corrected chi connectivity index (χ0v) is 8.14. The number of hydrogen-bond acceptors (Lipinski definition) is 2. The summed E-state index contributed by atoms with van der Waals surface area (Å²) >= 11 is 0. The standard InChI is InChI=1S/C13H10O2/c14-8-7-13-11(9-15)6-5-10-3-1-2-4-12(10)13/h1-6,8-9H,7H2. The van der Waals surface area contributed by atoms with Gasteiger partial charge in [0.1, 0.15) is 12.6 Å². The van der Waals surface area contributed by atoms with Crippen molar-refractivity contribution in [2.24, 2.45) is 0 Å². The molecule has 15 heavy (non-hydrogen) atoms. The zero-order chi connectivity index (χ0) is 10.7. The van der Waals surface area contributed by atoms with Gasteiger partial charge in [0.15, 0.2) is 0 Å². The van der Waals surface area contributed by atoms with Crippen LogP contribution < -0.4 is 0 Å². The van der Waals surface area contributed by atoms with Crippen LogP contribution in [0.2, 0.25) is 0 Å². The molecule has 0 radical (unpaired) electrons. The Bertz CT molecular complexity index is 515. The van der Waals surface area contributed by atoms with Crippen LogP contribution in [0.15, 0.2) is 36.4 Å². The lowest BCUT2D eigenvalue weighted by atomic mass is 9.98. The smallest absolute Gasteiger partial charge is 0.150 e. The van der Waals surface area contributed by atoms with Crippen LogP contribution in [0.4, 0.5) is 0 Å². The average Bonchev–Trinajstić information content (AvgIpc) is 2.30. The molecule has 0 saturated carbocycles. The van der Waals surface area contributed by atoms with E-state index in [0.717, 1.165) is 28.9 Å². The van der Waals surface area contributed by atoms with Gasteiger partial charge in [0, 0.05) is 12.0 Å². The van der Waals surface area contributed by atoms with Crippen molar-refractivity contribution in [2.75, 3.05) is 0 Å². The highest BCUT2D eigenvalue weighted by Crippen LogP contribution is 2.21. The molecule has 0 saturated heterocycles. The maximum atomic E-state index is 10.8. The van der Waals surface area contributed by atoms with Crippen LogP contribution in [-0.2, 0) is 11.2 Å². The first kappa shape index (κ1) is 9.59. The van der Waals surface area contributed by atoms with Gasteiger partial charge in [-0.05, 0) is 16.3 Å². The first-order chi connectivity index (χ1) is 7.36. The first-order valence-corrected chi connectivity index (χ1v) is 4.76. The van der Waals surface area contributed by atoms with E-state index in [-0.39, 0.29) is 6.42 Å². The van der Waals surface area contributed by atoms with Gasteiger partial charge in [-0.3, -0.25) is 4.79 Å². The van der Waals surface area contributed by atoms with Crippen LogP contribution >= 0.6 is 0 Å². The second kappa shape index (κ2) is 4.05. The summed E-state index contributed by atoms with van der Waals surface area (Å²) in [5, 5.41) is 2.04. The summed E-state index contributed by atoms with van der Waals surface area (Å²) in [6.45, 7) is 0. The molecule has 0 fully saturated rings. The van der Waals surface area contributed by atoms with Gasteiger partial charge in [0.25, 0.3) is 0 Å². The predicted octanol–water partition coefficient (Wildman–Crippen LogP) is 2.39. The van der Waals surface area contributed by atoms with Gasteiger partial charge in [0.2, 0.25) is 0 Å². The third kappa shape index (κ3) is 1.66. The molecule has 2 rings (SSSR count). The number of carbonyl (C=O) groups excluding carboxylic acids is 2. The van der Waals surface area contributed by atoms with E-state index in [1.165, 1.54) is 0 Å². The molecule has 0 bridgehead atoms. The molecule has 0 aromatic heterocycles. The van der Waals surface area contributed by atoms with E-state index in [1.54, 1.807) is 6.07 Å². The van der Waals surface area contributed by atoms with Crippen LogP contribution in [-0.4, -0.2) is 12.6 Å². The number of benzene rings is 2. The number of hydrogen-bond donors (Lipinski definition) is 0. The fourth-order valence-corrected chi connectivity index (χ4v) is 1.77. The molecule has 0 spiro atoms. The topological polar surface area (TPSA) is 34.1 Å². The molecule has 2 aromatic rings. The van der Waals surface area contributed by atoms with Gasteiger partial charge in [0.05, 0.1) is 0 Å². The molecule has 2 nitrogen and oxygen atoms in total. The van der Waals surface area contributed by atoms with Crippen molar-refractivity contribution in [3.63, 3.8) is 0 Å². The van der Waals surface area contributed by atoms with E-state index in [2.05, 4.69) is 0 Å². The average molecular weight is 198 g/mol. The van der Waals surface area contributed by atoms with Crippen LogP contribution in [0.3, 0.4) is 0 Å². The van der Waals surface area contributed by atoms with Crippen molar-refractivity contribution in [3.8, 4) is 0 Å². The molecule has 0 aliphatic rings. The molecular weight excluding hydrogens is 188 g/mol. The maximum absolute atomic E-state index is 10.8. The Morgan fingerprint density at radius 1 is 1.00 bits per heavy atom. The highest BCUT2D eigenvalue weighted by molar-refractivity contribution is 5.94. The normalized spacial score (nSPS) is 10.1. The summed E-state index contributed by atoms with van der Waals surface area (Å²) in [4.78, 5) is 21.4. The second-order valence-electron chi connectivity index (χ2n) is 3.34. The first-order valence-electron chi connectivity index (χ1n) is 4.76. The van der Waals surface area contributed by atoms with Gasteiger partial charge < -0.3 is 4.79 Å². The summed E-state index contributed by atoms with van der Waals surface area (Å²) in [7, 11) is 0.